The quantitative estimate of drug-likeness (QED) is 0.0962. The van der Waals surface area contributed by atoms with Gasteiger partial charge in [-0.3, -0.25) is 14.2 Å². The Bertz CT molecular complexity index is 3040. The molecule has 0 atom stereocenters. The van der Waals surface area contributed by atoms with Crippen LogP contribution in [-0.4, -0.2) is 57.9 Å². The van der Waals surface area contributed by atoms with Gasteiger partial charge in [0.1, 0.15) is 0 Å². The molecule has 4 N–H and O–H groups in total. The number of halogens is 10. The van der Waals surface area contributed by atoms with E-state index < -0.39 is 86.6 Å². The van der Waals surface area contributed by atoms with Gasteiger partial charge >= 0.3 is 18.3 Å². The van der Waals surface area contributed by atoms with Crippen LogP contribution < -0.4 is 19.7 Å². The van der Waals surface area contributed by atoms with Crippen LogP contribution in [0.3, 0.4) is 0 Å². The maximum absolute atomic E-state index is 13.2. The lowest BCUT2D eigenvalue weighted by molar-refractivity contribution is -0.138. The van der Waals surface area contributed by atoms with E-state index in [2.05, 4.69) is 39.1 Å². The van der Waals surface area contributed by atoms with E-state index in [9.17, 15) is 52.8 Å². The molecule has 0 unspecified atom stereocenters. The molecule has 13 nitrogen and oxygen atoms in total. The maximum atomic E-state index is 13.2. The monoisotopic (exact) mass is 1050 g/mol. The van der Waals surface area contributed by atoms with E-state index in [1.807, 2.05) is 36.9 Å². The summed E-state index contributed by atoms with van der Waals surface area (Å²) < 4.78 is 132. The van der Waals surface area contributed by atoms with E-state index in [0.29, 0.717) is 17.8 Å². The number of nitrogens with one attached hydrogen (secondary N) is 3. The van der Waals surface area contributed by atoms with E-state index in [-0.39, 0.29) is 21.4 Å². The fraction of sp³-hybridized carbons (Fsp3) is 0.143. The highest BCUT2D eigenvalue weighted by Crippen LogP contribution is 2.38. The van der Waals surface area contributed by atoms with Crippen LogP contribution in [-0.2, 0) is 32.4 Å². The maximum Gasteiger partial charge on any atom is 0.417 e. The molecular weight excluding hydrogens is 1020 g/mol. The number of rotatable bonds is 10. The zero-order chi connectivity index (χ0) is 50.2. The number of carboxylic acid groups (broad SMARTS) is 1. The number of aromatic nitrogens is 2. The zero-order valence-electron chi connectivity index (χ0n) is 34.7. The number of amides is 1. The topological polar surface area (TPSA) is 188 Å². The molecule has 0 bridgehead atoms. The number of carbonyl (C=O) groups excluding carboxylic acids is 1. The molecular formula is C42H34Cl4F6N6O7S2. The molecule has 0 aliphatic carbocycles. The first-order chi connectivity index (χ1) is 31.0. The summed E-state index contributed by atoms with van der Waals surface area (Å²) in [6, 6.07) is 21.5. The number of aromatic carboxylic acids is 1. The Morgan fingerprint density at radius 3 is 1.46 bits per heavy atom. The third-order valence-electron chi connectivity index (χ3n) is 8.71. The molecule has 0 radical (unpaired) electrons. The number of hydrogen-bond acceptors (Lipinski definition) is 9. The van der Waals surface area contributed by atoms with Gasteiger partial charge < -0.3 is 15.3 Å². The van der Waals surface area contributed by atoms with Crippen molar-refractivity contribution in [1.29, 1.82) is 0 Å². The van der Waals surface area contributed by atoms with E-state index in [4.69, 9.17) is 51.5 Å². The van der Waals surface area contributed by atoms with Gasteiger partial charge in [0.05, 0.1) is 52.4 Å². The van der Waals surface area contributed by atoms with E-state index in [1.165, 1.54) is 23.2 Å². The Kier molecular flexibility index (Phi) is 17.5. The van der Waals surface area contributed by atoms with Gasteiger partial charge in [0.2, 0.25) is 0 Å². The second-order valence-electron chi connectivity index (χ2n) is 13.7. The third kappa shape index (κ3) is 14.6. The van der Waals surface area contributed by atoms with Crippen LogP contribution in [0.15, 0.2) is 119 Å². The number of pyridine rings is 2. The molecule has 0 saturated heterocycles. The molecule has 0 spiro atoms. The lowest BCUT2D eigenvalue weighted by Gasteiger charge is -2.20. The van der Waals surface area contributed by atoms with Crippen LogP contribution in [0.2, 0.25) is 20.1 Å². The first kappa shape index (κ1) is 53.8. The summed E-state index contributed by atoms with van der Waals surface area (Å²) in [5.41, 5.74) is -0.532. The molecule has 67 heavy (non-hydrogen) atoms. The first-order valence-corrected chi connectivity index (χ1v) is 22.9. The normalized spacial score (nSPS) is 11.6. The van der Waals surface area contributed by atoms with Crippen molar-refractivity contribution in [2.24, 2.45) is 0 Å². The molecule has 6 aromatic rings. The van der Waals surface area contributed by atoms with E-state index in [0.717, 1.165) is 54.4 Å². The number of aryl methyl sites for hydroxylation is 2. The highest BCUT2D eigenvalue weighted by atomic mass is 35.5. The molecule has 0 aliphatic rings. The second kappa shape index (κ2) is 21.9. The molecule has 356 valence electrons. The molecule has 4 aromatic carbocycles. The third-order valence-corrected chi connectivity index (χ3v) is 12.5. The number of benzene rings is 4. The standard InChI is InChI=1S/C21H16Cl2F3N3O3S.C13H7Cl2F3N2O4S.C8H11N/c1-12-4-3-5-14(8-12)29(2)20(30)19-18(9-13(22)11-27-19)28-33(31,32)15-6-7-17(23)16(10-15)21(24,25)26;14-6-3-10(11(12(21)22)19-5-6)20-25(23,24)7-1-2-9(15)8(4-7)13(16,17)18;1-7-4-3-5-8(6-7)9-2/h3-11,28H,1-2H3;1-5,20H,(H,21,22);3-6,9H,1-2H3. The Morgan fingerprint density at radius 1 is 0.627 bits per heavy atom. The fourth-order valence-electron chi connectivity index (χ4n) is 5.47. The van der Waals surface area contributed by atoms with Crippen molar-refractivity contribution in [3.8, 4) is 0 Å². The predicted molar refractivity (Wildman–Crippen MR) is 245 cm³/mol. The number of anilines is 4. The summed E-state index contributed by atoms with van der Waals surface area (Å²) in [5, 5.41) is 10.7. The lowest BCUT2D eigenvalue weighted by atomic mass is 10.2. The van der Waals surface area contributed by atoms with Crippen molar-refractivity contribution < 1.29 is 57.9 Å². The Balaban J connectivity index is 0.000000253. The first-order valence-electron chi connectivity index (χ1n) is 18.5. The van der Waals surface area contributed by atoms with Crippen LogP contribution >= 0.6 is 46.4 Å². The van der Waals surface area contributed by atoms with Crippen molar-refractivity contribution in [2.75, 3.05) is 33.8 Å². The molecule has 0 saturated carbocycles. The number of carboxylic acids is 1. The van der Waals surface area contributed by atoms with Crippen LogP contribution in [0.25, 0.3) is 0 Å². The molecule has 6 rings (SSSR count). The van der Waals surface area contributed by atoms with Crippen molar-refractivity contribution in [2.45, 2.75) is 36.0 Å². The van der Waals surface area contributed by atoms with Crippen LogP contribution in [0.4, 0.5) is 49.1 Å². The molecule has 0 fully saturated rings. The zero-order valence-corrected chi connectivity index (χ0v) is 39.4. The number of sulfonamides is 2. The van der Waals surface area contributed by atoms with Crippen molar-refractivity contribution in [1.82, 2.24) is 9.97 Å². The van der Waals surface area contributed by atoms with E-state index in [1.54, 1.807) is 18.2 Å². The predicted octanol–water partition coefficient (Wildman–Crippen LogP) is 11.7. The molecule has 2 aromatic heterocycles. The Hall–Kier alpha value is -5.84. The van der Waals surface area contributed by atoms with Crippen LogP contribution in [0.5, 0.6) is 0 Å². The Labute approximate surface area is 399 Å². The van der Waals surface area contributed by atoms with Gasteiger partial charge in [-0.25, -0.2) is 31.6 Å². The van der Waals surface area contributed by atoms with Gasteiger partial charge in [0.25, 0.3) is 26.0 Å². The van der Waals surface area contributed by atoms with Gasteiger partial charge in [-0.1, -0.05) is 70.7 Å². The average molecular weight is 1050 g/mol. The van der Waals surface area contributed by atoms with Gasteiger partial charge in [-0.15, -0.1) is 0 Å². The highest BCUT2D eigenvalue weighted by Gasteiger charge is 2.36. The number of carbonyl (C=O) groups is 2. The summed E-state index contributed by atoms with van der Waals surface area (Å²) in [4.78, 5) is 31.3. The van der Waals surface area contributed by atoms with Crippen molar-refractivity contribution >= 4 is 101 Å². The minimum absolute atomic E-state index is 0.00884. The van der Waals surface area contributed by atoms with Gasteiger partial charge in [-0.2, -0.15) is 26.3 Å². The van der Waals surface area contributed by atoms with Gasteiger partial charge in [0.15, 0.2) is 11.4 Å². The minimum Gasteiger partial charge on any atom is -0.476 e. The summed E-state index contributed by atoms with van der Waals surface area (Å²) >= 11 is 22.6. The molecule has 1 amide bonds. The summed E-state index contributed by atoms with van der Waals surface area (Å²) in [5.74, 6) is -2.22. The lowest BCUT2D eigenvalue weighted by Crippen LogP contribution is -2.28. The van der Waals surface area contributed by atoms with Crippen LogP contribution in [0, 0.1) is 13.8 Å². The smallest absolute Gasteiger partial charge is 0.417 e. The van der Waals surface area contributed by atoms with Crippen molar-refractivity contribution in [3.63, 3.8) is 0 Å². The van der Waals surface area contributed by atoms with Crippen LogP contribution in [0.1, 0.15) is 43.2 Å². The van der Waals surface area contributed by atoms with E-state index >= 15 is 0 Å². The second-order valence-corrected chi connectivity index (χ2v) is 18.8. The molecule has 2 heterocycles. The summed E-state index contributed by atoms with van der Waals surface area (Å²) in [6.07, 6.45) is -7.60. The van der Waals surface area contributed by atoms with Gasteiger partial charge in [-0.05, 0) is 97.8 Å². The Morgan fingerprint density at radius 2 is 1.06 bits per heavy atom. The van der Waals surface area contributed by atoms with Crippen molar-refractivity contribution in [3.05, 3.63) is 163 Å². The number of hydrogen-bond donors (Lipinski definition) is 4. The summed E-state index contributed by atoms with van der Waals surface area (Å²) in [6.45, 7) is 3.92. The number of alkyl halides is 6. The minimum atomic E-state index is -4.87. The van der Waals surface area contributed by atoms with Gasteiger partial charge in [0, 0.05) is 37.9 Å². The molecule has 25 heteroatoms. The number of nitrogens with zero attached hydrogens (tertiary/aromatic N) is 3. The average Bonchev–Trinajstić information content (AvgIpc) is 3.22. The fourth-order valence-corrected chi connectivity index (χ4v) is 8.40. The molecule has 0 aliphatic heterocycles. The highest BCUT2D eigenvalue weighted by molar-refractivity contribution is 7.93. The summed E-state index contributed by atoms with van der Waals surface area (Å²) in [7, 11) is -5.72. The SMILES string of the molecule is CNc1cccc(C)c1.Cc1cccc(N(C)C(=O)c2ncc(Cl)cc2NS(=O)(=O)c2ccc(Cl)c(C(F)(F)F)c2)c1.O=C(O)c1ncc(Cl)cc1NS(=O)(=O)c1ccc(Cl)c(C(F)(F)F)c1. The largest absolute Gasteiger partial charge is 0.476 e.